The van der Waals surface area contributed by atoms with Gasteiger partial charge in [-0.3, -0.25) is 4.40 Å². The number of hydrogen-bond acceptors (Lipinski definition) is 4. The highest BCUT2D eigenvalue weighted by atomic mass is 16.4. The molecule has 3 heterocycles. The Labute approximate surface area is 102 Å². The zero-order valence-electron chi connectivity index (χ0n) is 9.49. The summed E-state index contributed by atoms with van der Waals surface area (Å²) in [5, 5.41) is 8.98. The molecule has 0 atom stereocenters. The number of hydrogen-bond donors (Lipinski definition) is 1. The number of imidazole rings is 1. The topological polar surface area (TPSA) is 80.6 Å². The van der Waals surface area contributed by atoms with E-state index in [0.29, 0.717) is 22.8 Å². The van der Waals surface area contributed by atoms with Crippen LogP contribution in [0.4, 0.5) is 0 Å². The monoisotopic (exact) mass is 243 g/mol. The van der Waals surface area contributed by atoms with Gasteiger partial charge in [-0.1, -0.05) is 0 Å². The maximum atomic E-state index is 11.0. The first-order chi connectivity index (χ1) is 8.66. The average molecular weight is 243 g/mol. The van der Waals surface area contributed by atoms with Gasteiger partial charge in [-0.05, 0) is 19.1 Å². The van der Waals surface area contributed by atoms with Crippen LogP contribution in [-0.4, -0.2) is 25.4 Å². The third kappa shape index (κ3) is 1.46. The van der Waals surface area contributed by atoms with Gasteiger partial charge in [0.05, 0.1) is 11.8 Å². The fourth-order valence-electron chi connectivity index (χ4n) is 1.80. The molecule has 6 heteroatoms. The molecule has 0 aliphatic rings. The van der Waals surface area contributed by atoms with E-state index in [9.17, 15) is 4.79 Å². The maximum Gasteiger partial charge on any atom is 0.356 e. The molecule has 0 aliphatic carbocycles. The van der Waals surface area contributed by atoms with Crippen LogP contribution < -0.4 is 0 Å². The van der Waals surface area contributed by atoms with Crippen molar-refractivity contribution in [1.82, 2.24) is 14.4 Å². The Morgan fingerprint density at radius 1 is 1.50 bits per heavy atom. The lowest BCUT2D eigenvalue weighted by Crippen LogP contribution is -1.95. The van der Waals surface area contributed by atoms with Crippen molar-refractivity contribution in [3.63, 3.8) is 0 Å². The van der Waals surface area contributed by atoms with Gasteiger partial charge in [0, 0.05) is 12.4 Å². The van der Waals surface area contributed by atoms with Gasteiger partial charge in [0.15, 0.2) is 11.3 Å². The molecular weight excluding hydrogens is 234 g/mol. The predicted molar refractivity (Wildman–Crippen MR) is 62.4 cm³/mol. The Kier molecular flexibility index (Phi) is 2.16. The quantitative estimate of drug-likeness (QED) is 0.744. The molecule has 0 unspecified atom stereocenters. The highest BCUT2D eigenvalue weighted by Crippen LogP contribution is 2.24. The van der Waals surface area contributed by atoms with Gasteiger partial charge < -0.3 is 9.52 Å². The molecule has 3 rings (SSSR count). The standard InChI is InChI=1S/C12H9N3O3/c1-7-13-5-8(10-3-2-4-18-10)11-14-9(12(16)17)6-15(7)11/h2-6H,1H3,(H,16,17). The smallest absolute Gasteiger partial charge is 0.356 e. The molecule has 0 aliphatic heterocycles. The van der Waals surface area contributed by atoms with Crippen molar-refractivity contribution in [1.29, 1.82) is 0 Å². The SMILES string of the molecule is Cc1ncc(-c2ccco2)c2nc(C(=O)O)cn12. The first-order valence-corrected chi connectivity index (χ1v) is 5.28. The number of aromatic carboxylic acids is 1. The molecule has 18 heavy (non-hydrogen) atoms. The summed E-state index contributed by atoms with van der Waals surface area (Å²) in [6.07, 6.45) is 4.63. The number of carboxylic acid groups (broad SMARTS) is 1. The molecule has 0 aromatic carbocycles. The number of carboxylic acids is 1. The summed E-state index contributed by atoms with van der Waals surface area (Å²) in [5.41, 5.74) is 1.17. The number of aromatic nitrogens is 3. The molecule has 90 valence electrons. The minimum absolute atomic E-state index is 0.0149. The van der Waals surface area contributed by atoms with Gasteiger partial charge >= 0.3 is 5.97 Å². The molecule has 1 N–H and O–H groups in total. The number of fused-ring (bicyclic) bond motifs is 1. The fourth-order valence-corrected chi connectivity index (χ4v) is 1.80. The van der Waals surface area contributed by atoms with E-state index in [0.717, 1.165) is 0 Å². The average Bonchev–Trinajstić information content (AvgIpc) is 2.98. The van der Waals surface area contributed by atoms with Gasteiger partial charge in [-0.25, -0.2) is 14.8 Å². The third-order valence-electron chi connectivity index (χ3n) is 2.68. The third-order valence-corrected chi connectivity index (χ3v) is 2.68. The van der Waals surface area contributed by atoms with Crippen molar-refractivity contribution in [3.8, 4) is 11.3 Å². The van der Waals surface area contributed by atoms with Gasteiger partial charge in [0.2, 0.25) is 0 Å². The van der Waals surface area contributed by atoms with E-state index in [4.69, 9.17) is 9.52 Å². The Hall–Kier alpha value is -2.63. The summed E-state index contributed by atoms with van der Waals surface area (Å²) in [6.45, 7) is 1.78. The lowest BCUT2D eigenvalue weighted by Gasteiger charge is -2.02. The summed E-state index contributed by atoms with van der Waals surface area (Å²) in [4.78, 5) is 19.3. The van der Waals surface area contributed by atoms with Crippen LogP contribution in [0.25, 0.3) is 17.0 Å². The van der Waals surface area contributed by atoms with E-state index in [1.165, 1.54) is 6.20 Å². The zero-order chi connectivity index (χ0) is 12.7. The van der Waals surface area contributed by atoms with E-state index < -0.39 is 5.97 Å². The molecule has 6 nitrogen and oxygen atoms in total. The van der Waals surface area contributed by atoms with Crippen LogP contribution in [-0.2, 0) is 0 Å². The minimum atomic E-state index is -1.07. The second-order valence-electron chi connectivity index (χ2n) is 3.82. The highest BCUT2D eigenvalue weighted by molar-refractivity contribution is 5.87. The molecule has 0 fully saturated rings. The Balaban J connectivity index is 2.34. The van der Waals surface area contributed by atoms with E-state index in [1.54, 1.807) is 35.9 Å². The molecule has 0 amide bonds. The largest absolute Gasteiger partial charge is 0.476 e. The van der Waals surface area contributed by atoms with E-state index in [-0.39, 0.29) is 5.69 Å². The van der Waals surface area contributed by atoms with Crippen molar-refractivity contribution in [3.05, 3.63) is 42.3 Å². The Morgan fingerprint density at radius 2 is 2.33 bits per heavy atom. The van der Waals surface area contributed by atoms with Crippen LogP contribution in [0.2, 0.25) is 0 Å². The van der Waals surface area contributed by atoms with Crippen molar-refractivity contribution >= 4 is 11.6 Å². The Morgan fingerprint density at radius 3 is 3.00 bits per heavy atom. The summed E-state index contributed by atoms with van der Waals surface area (Å²) < 4.78 is 6.94. The van der Waals surface area contributed by atoms with Crippen LogP contribution >= 0.6 is 0 Å². The number of aryl methyl sites for hydroxylation is 1. The van der Waals surface area contributed by atoms with Crippen molar-refractivity contribution in [2.45, 2.75) is 6.92 Å². The summed E-state index contributed by atoms with van der Waals surface area (Å²) >= 11 is 0. The first-order valence-electron chi connectivity index (χ1n) is 5.28. The van der Waals surface area contributed by atoms with E-state index in [1.807, 2.05) is 0 Å². The molecule has 3 aromatic heterocycles. The predicted octanol–water partition coefficient (Wildman–Crippen LogP) is 2.00. The van der Waals surface area contributed by atoms with Crippen molar-refractivity contribution < 1.29 is 14.3 Å². The van der Waals surface area contributed by atoms with Crippen LogP contribution in [0.1, 0.15) is 16.3 Å². The van der Waals surface area contributed by atoms with Gasteiger partial charge in [-0.15, -0.1) is 0 Å². The van der Waals surface area contributed by atoms with Gasteiger partial charge in [0.25, 0.3) is 0 Å². The summed E-state index contributed by atoms with van der Waals surface area (Å²) in [7, 11) is 0. The highest BCUT2D eigenvalue weighted by Gasteiger charge is 2.15. The number of rotatable bonds is 2. The van der Waals surface area contributed by atoms with Crippen molar-refractivity contribution in [2.75, 3.05) is 0 Å². The Bertz CT molecular complexity index is 728. The van der Waals surface area contributed by atoms with Crippen LogP contribution in [0.3, 0.4) is 0 Å². The van der Waals surface area contributed by atoms with E-state index >= 15 is 0 Å². The van der Waals surface area contributed by atoms with Crippen molar-refractivity contribution in [2.24, 2.45) is 0 Å². The normalized spacial score (nSPS) is 10.9. The number of furan rings is 1. The van der Waals surface area contributed by atoms with Crippen LogP contribution in [0, 0.1) is 6.92 Å². The van der Waals surface area contributed by atoms with Gasteiger partial charge in [0.1, 0.15) is 11.6 Å². The van der Waals surface area contributed by atoms with Gasteiger partial charge in [-0.2, -0.15) is 0 Å². The molecule has 0 radical (unpaired) electrons. The lowest BCUT2D eigenvalue weighted by molar-refractivity contribution is 0.0691. The molecule has 0 saturated heterocycles. The maximum absolute atomic E-state index is 11.0. The lowest BCUT2D eigenvalue weighted by atomic mass is 10.2. The molecular formula is C12H9N3O3. The van der Waals surface area contributed by atoms with Crippen LogP contribution in [0.5, 0.6) is 0 Å². The summed E-state index contributed by atoms with van der Waals surface area (Å²) in [6, 6.07) is 3.54. The first kappa shape index (κ1) is 10.5. The molecule has 0 spiro atoms. The number of carbonyl (C=O) groups is 1. The molecule has 0 saturated carbocycles. The fraction of sp³-hybridized carbons (Fsp3) is 0.0833. The van der Waals surface area contributed by atoms with Crippen LogP contribution in [0.15, 0.2) is 35.2 Å². The molecule has 3 aromatic rings. The second-order valence-corrected chi connectivity index (χ2v) is 3.82. The molecule has 0 bridgehead atoms. The number of nitrogens with zero attached hydrogens (tertiary/aromatic N) is 3. The zero-order valence-corrected chi connectivity index (χ0v) is 9.49. The second kappa shape index (κ2) is 3.69. The summed E-state index contributed by atoms with van der Waals surface area (Å²) in [5.74, 6) is 0.207. The van der Waals surface area contributed by atoms with E-state index in [2.05, 4.69) is 9.97 Å². The minimum Gasteiger partial charge on any atom is -0.476 e.